The second-order valence-corrected chi connectivity index (χ2v) is 9.88. The van der Waals surface area contributed by atoms with E-state index in [9.17, 15) is 4.79 Å². The van der Waals surface area contributed by atoms with Gasteiger partial charge in [-0.2, -0.15) is 5.10 Å². The maximum atomic E-state index is 12.7. The molecule has 1 aliphatic rings. The molecule has 0 bridgehead atoms. The van der Waals surface area contributed by atoms with Crippen LogP contribution in [0.1, 0.15) is 23.6 Å². The molecule has 0 fully saturated rings. The summed E-state index contributed by atoms with van der Waals surface area (Å²) in [5, 5.41) is 11.6. The molecule has 5 nitrogen and oxygen atoms in total. The van der Waals surface area contributed by atoms with Gasteiger partial charge in [-0.05, 0) is 47.5 Å². The van der Waals surface area contributed by atoms with Crippen LogP contribution in [0, 0.1) is 0 Å². The summed E-state index contributed by atoms with van der Waals surface area (Å²) in [7, 11) is 0. The standard InChI is InChI=1S/C27H17Cl2N3O2S/c28-19-9-5-16(6-10-19)22-14-24(17-7-11-20(29)12-8-17)32(31-22)27-30-23(15-35-27)21-13-18-3-1-2-4-25(18)34-26(21)33/h1-13,15,24H,14H2/t24-/m0/s1. The highest BCUT2D eigenvalue weighted by Gasteiger charge is 2.32. The number of hydrogen-bond donors (Lipinski definition) is 0. The molecule has 3 heterocycles. The largest absolute Gasteiger partial charge is 0.422 e. The molecule has 1 atom stereocenters. The van der Waals surface area contributed by atoms with Gasteiger partial charge in [0.25, 0.3) is 0 Å². The average Bonchev–Trinajstić information content (AvgIpc) is 3.52. The van der Waals surface area contributed by atoms with Gasteiger partial charge >= 0.3 is 5.63 Å². The van der Waals surface area contributed by atoms with Gasteiger partial charge in [0.1, 0.15) is 5.58 Å². The molecular formula is C27H17Cl2N3O2S. The van der Waals surface area contributed by atoms with E-state index >= 15 is 0 Å². The Morgan fingerprint density at radius 1 is 0.943 bits per heavy atom. The van der Waals surface area contributed by atoms with Crippen molar-refractivity contribution in [1.29, 1.82) is 0 Å². The molecule has 0 unspecified atom stereocenters. The number of aromatic nitrogens is 1. The van der Waals surface area contributed by atoms with Crippen LogP contribution in [0.5, 0.6) is 0 Å². The lowest BCUT2D eigenvalue weighted by Crippen LogP contribution is -2.18. The van der Waals surface area contributed by atoms with Crippen LogP contribution in [0.2, 0.25) is 10.0 Å². The van der Waals surface area contributed by atoms with Crippen LogP contribution in [-0.4, -0.2) is 10.7 Å². The maximum Gasteiger partial charge on any atom is 0.345 e. The highest BCUT2D eigenvalue weighted by molar-refractivity contribution is 7.14. The van der Waals surface area contributed by atoms with E-state index in [4.69, 9.17) is 37.7 Å². The van der Waals surface area contributed by atoms with Crippen LogP contribution < -0.4 is 10.6 Å². The smallest absolute Gasteiger partial charge is 0.345 e. The van der Waals surface area contributed by atoms with Crippen LogP contribution in [0.4, 0.5) is 5.13 Å². The molecule has 6 rings (SSSR count). The Morgan fingerprint density at radius 2 is 1.66 bits per heavy atom. The van der Waals surface area contributed by atoms with Gasteiger partial charge in [-0.25, -0.2) is 14.8 Å². The van der Waals surface area contributed by atoms with Gasteiger partial charge in [0.15, 0.2) is 0 Å². The number of hydrogen-bond acceptors (Lipinski definition) is 6. The fourth-order valence-corrected chi connectivity index (χ4v) is 5.26. The monoisotopic (exact) mass is 517 g/mol. The molecule has 2 aromatic heterocycles. The number of halogens is 2. The first-order valence-corrected chi connectivity index (χ1v) is 12.6. The Balaban J connectivity index is 1.41. The summed E-state index contributed by atoms with van der Waals surface area (Å²) in [4.78, 5) is 17.5. The fraction of sp³-hybridized carbons (Fsp3) is 0.0741. The van der Waals surface area contributed by atoms with E-state index in [2.05, 4.69) is 0 Å². The second kappa shape index (κ2) is 8.96. The molecule has 35 heavy (non-hydrogen) atoms. The van der Waals surface area contributed by atoms with E-state index in [-0.39, 0.29) is 6.04 Å². The van der Waals surface area contributed by atoms with Gasteiger partial charge in [0, 0.05) is 27.2 Å². The third-order valence-corrected chi connectivity index (χ3v) is 7.28. The predicted molar refractivity (Wildman–Crippen MR) is 143 cm³/mol. The molecule has 0 saturated carbocycles. The molecule has 0 saturated heterocycles. The summed E-state index contributed by atoms with van der Waals surface area (Å²) >= 11 is 13.7. The molecule has 0 aliphatic carbocycles. The summed E-state index contributed by atoms with van der Waals surface area (Å²) in [6.07, 6.45) is 0.691. The average molecular weight is 518 g/mol. The number of benzene rings is 3. The number of fused-ring (bicyclic) bond motifs is 1. The minimum Gasteiger partial charge on any atom is -0.422 e. The molecular weight excluding hydrogens is 501 g/mol. The fourth-order valence-electron chi connectivity index (χ4n) is 4.18. The molecule has 8 heteroatoms. The minimum atomic E-state index is -0.415. The number of rotatable bonds is 4. The third-order valence-electron chi connectivity index (χ3n) is 5.95. The molecule has 0 spiro atoms. The molecule has 0 radical (unpaired) electrons. The Bertz CT molecular complexity index is 1630. The van der Waals surface area contributed by atoms with E-state index in [0.717, 1.165) is 22.2 Å². The van der Waals surface area contributed by atoms with Gasteiger partial charge in [0.05, 0.1) is 23.0 Å². The van der Waals surface area contributed by atoms with Gasteiger partial charge in [-0.1, -0.05) is 65.7 Å². The number of nitrogens with zero attached hydrogens (tertiary/aromatic N) is 3. The Morgan fingerprint density at radius 3 is 2.43 bits per heavy atom. The first kappa shape index (κ1) is 22.0. The summed E-state index contributed by atoms with van der Waals surface area (Å²) in [5.74, 6) is 0. The van der Waals surface area contributed by atoms with E-state index in [0.29, 0.717) is 38.4 Å². The van der Waals surface area contributed by atoms with E-state index in [1.165, 1.54) is 11.3 Å². The van der Waals surface area contributed by atoms with Gasteiger partial charge in [-0.15, -0.1) is 11.3 Å². The zero-order valence-corrected chi connectivity index (χ0v) is 20.5. The summed E-state index contributed by atoms with van der Waals surface area (Å²) in [6, 6.07) is 24.6. The molecule has 0 amide bonds. The first-order chi connectivity index (χ1) is 17.0. The minimum absolute atomic E-state index is 0.0649. The number of hydrazone groups is 1. The van der Waals surface area contributed by atoms with Crippen molar-refractivity contribution in [3.05, 3.63) is 116 Å². The van der Waals surface area contributed by atoms with Crippen molar-refractivity contribution in [2.75, 3.05) is 5.01 Å². The predicted octanol–water partition coefficient (Wildman–Crippen LogP) is 7.58. The molecule has 0 N–H and O–H groups in total. The van der Waals surface area contributed by atoms with Crippen molar-refractivity contribution >= 4 is 56.4 Å². The number of para-hydroxylation sites is 1. The van der Waals surface area contributed by atoms with E-state index in [1.54, 1.807) is 6.07 Å². The van der Waals surface area contributed by atoms with Crippen molar-refractivity contribution in [1.82, 2.24) is 4.98 Å². The third kappa shape index (κ3) is 4.25. The van der Waals surface area contributed by atoms with Gasteiger partial charge in [0.2, 0.25) is 5.13 Å². The maximum absolute atomic E-state index is 12.7. The Labute approximate surface area is 214 Å². The summed E-state index contributed by atoms with van der Waals surface area (Å²) in [5.41, 5.74) is 4.14. The second-order valence-electron chi connectivity index (χ2n) is 8.17. The van der Waals surface area contributed by atoms with Crippen LogP contribution >= 0.6 is 34.5 Å². The highest BCUT2D eigenvalue weighted by atomic mass is 35.5. The van der Waals surface area contributed by atoms with Gasteiger partial charge in [-0.3, -0.25) is 0 Å². The van der Waals surface area contributed by atoms with Crippen molar-refractivity contribution < 1.29 is 4.42 Å². The van der Waals surface area contributed by atoms with Crippen molar-refractivity contribution in [2.45, 2.75) is 12.5 Å². The lowest BCUT2D eigenvalue weighted by molar-refractivity contribution is 0.563. The number of anilines is 1. The SMILES string of the molecule is O=c1oc2ccccc2cc1-c1csc(N2N=C(c3ccc(Cl)cc3)C[C@H]2c2ccc(Cl)cc2)n1. The van der Waals surface area contributed by atoms with Gasteiger partial charge < -0.3 is 4.42 Å². The van der Waals surface area contributed by atoms with Crippen molar-refractivity contribution in [2.24, 2.45) is 5.10 Å². The van der Waals surface area contributed by atoms with Crippen molar-refractivity contribution in [3.63, 3.8) is 0 Å². The lowest BCUT2D eigenvalue weighted by atomic mass is 9.99. The van der Waals surface area contributed by atoms with E-state index in [1.807, 2.05) is 83.2 Å². The molecule has 1 aliphatic heterocycles. The normalized spacial score (nSPS) is 15.5. The number of thiazole rings is 1. The van der Waals surface area contributed by atoms with E-state index < -0.39 is 5.63 Å². The summed E-state index contributed by atoms with van der Waals surface area (Å²) in [6.45, 7) is 0. The molecule has 5 aromatic rings. The lowest BCUT2D eigenvalue weighted by Gasteiger charge is -2.21. The van der Waals surface area contributed by atoms with Crippen LogP contribution in [0.15, 0.2) is 98.6 Å². The summed E-state index contributed by atoms with van der Waals surface area (Å²) < 4.78 is 5.51. The first-order valence-electron chi connectivity index (χ1n) is 10.9. The van der Waals surface area contributed by atoms with Crippen LogP contribution in [0.25, 0.3) is 22.2 Å². The molecule has 3 aromatic carbocycles. The highest BCUT2D eigenvalue weighted by Crippen LogP contribution is 2.39. The van der Waals surface area contributed by atoms with Crippen LogP contribution in [-0.2, 0) is 0 Å². The quantitative estimate of drug-likeness (QED) is 0.230. The Kier molecular flexibility index (Phi) is 5.65. The van der Waals surface area contributed by atoms with Crippen molar-refractivity contribution in [3.8, 4) is 11.3 Å². The Hall–Kier alpha value is -3.45. The topological polar surface area (TPSA) is 58.7 Å². The zero-order chi connectivity index (χ0) is 23.9. The zero-order valence-electron chi connectivity index (χ0n) is 18.2. The van der Waals surface area contributed by atoms with Crippen LogP contribution in [0.3, 0.4) is 0 Å². The molecule has 172 valence electrons.